The molecule has 3 rings (SSSR count). The number of hydrogen-bond donors (Lipinski definition) is 1. The van der Waals surface area contributed by atoms with Crippen LogP contribution in [-0.2, 0) is 0 Å². The van der Waals surface area contributed by atoms with E-state index < -0.39 is 0 Å². The minimum Gasteiger partial charge on any atom is -0.450 e. The van der Waals surface area contributed by atoms with Crippen molar-refractivity contribution in [3.05, 3.63) is 35.2 Å². The first kappa shape index (κ1) is 8.61. The van der Waals surface area contributed by atoms with Crippen LogP contribution in [0.15, 0.2) is 35.2 Å². The maximum absolute atomic E-state index is 5.89. The molecule has 1 aromatic carbocycles. The highest BCUT2D eigenvalue weighted by atomic mass is 35.5. The summed E-state index contributed by atoms with van der Waals surface area (Å²) in [6.45, 7) is 0. The Morgan fingerprint density at radius 2 is 2.33 bits per heavy atom. The molecule has 1 N–H and O–H groups in total. The summed E-state index contributed by atoms with van der Waals surface area (Å²) in [7, 11) is 1.88. The summed E-state index contributed by atoms with van der Waals surface area (Å²) in [5, 5.41) is 2.45. The number of nitrogens with one attached hydrogen (secondary N) is 1. The van der Waals surface area contributed by atoms with Crippen LogP contribution in [0, 0.1) is 0 Å². The van der Waals surface area contributed by atoms with Crippen LogP contribution in [-0.4, -0.2) is 17.9 Å². The summed E-state index contributed by atoms with van der Waals surface area (Å²) >= 11 is 5.89. The van der Waals surface area contributed by atoms with Crippen molar-refractivity contribution in [3.8, 4) is 5.75 Å². The van der Waals surface area contributed by atoms with Crippen LogP contribution >= 0.6 is 11.6 Å². The molecule has 0 saturated carbocycles. The lowest BCUT2D eigenvalue weighted by Crippen LogP contribution is -2.31. The Kier molecular flexibility index (Phi) is 1.67. The van der Waals surface area contributed by atoms with Gasteiger partial charge in [0.25, 0.3) is 0 Å². The fourth-order valence-electron chi connectivity index (χ4n) is 1.55. The molecule has 5 heteroatoms. The molecule has 1 aromatic rings. The monoisotopic (exact) mass is 221 g/mol. The Bertz CT molecular complexity index is 495. The molecule has 0 aliphatic carbocycles. The maximum Gasteiger partial charge on any atom is 0.192 e. The fourth-order valence-corrected chi connectivity index (χ4v) is 1.71. The molecule has 0 aromatic heterocycles. The van der Waals surface area contributed by atoms with Gasteiger partial charge in [-0.15, -0.1) is 0 Å². The van der Waals surface area contributed by atoms with Crippen LogP contribution in [0.3, 0.4) is 0 Å². The van der Waals surface area contributed by atoms with Gasteiger partial charge in [-0.25, -0.2) is 4.99 Å². The molecule has 4 nitrogen and oxygen atoms in total. The van der Waals surface area contributed by atoms with Crippen LogP contribution in [0.2, 0.25) is 5.02 Å². The molecule has 0 fully saturated rings. The van der Waals surface area contributed by atoms with Gasteiger partial charge in [0.2, 0.25) is 0 Å². The molecular weight excluding hydrogens is 214 g/mol. The van der Waals surface area contributed by atoms with Crippen molar-refractivity contribution in [2.45, 2.75) is 0 Å². The first-order valence-electron chi connectivity index (χ1n) is 4.50. The highest BCUT2D eigenvalue weighted by Crippen LogP contribution is 2.36. The van der Waals surface area contributed by atoms with E-state index in [1.54, 1.807) is 23.3 Å². The molecule has 0 atom stereocenters. The topological polar surface area (TPSA) is 36.9 Å². The average molecular weight is 222 g/mol. The number of hydrazine groups is 1. The van der Waals surface area contributed by atoms with Crippen LogP contribution in [0.25, 0.3) is 0 Å². The van der Waals surface area contributed by atoms with Crippen LogP contribution in [0.5, 0.6) is 5.75 Å². The standard InChI is InChI=1S/C10H8ClN3O/c1-14-10-9(5-12-14)15-8-3-2-6(11)4-7(8)13-10/h2-5,12H,1H3. The number of fused-ring (bicyclic) bond motifs is 2. The first-order chi connectivity index (χ1) is 7.24. The van der Waals surface area contributed by atoms with Gasteiger partial charge in [-0.05, 0) is 18.2 Å². The number of ether oxygens (including phenoxy) is 1. The normalized spacial score (nSPS) is 17.1. The molecule has 0 bridgehead atoms. The lowest BCUT2D eigenvalue weighted by Gasteiger charge is -2.19. The van der Waals surface area contributed by atoms with Gasteiger partial charge in [-0.1, -0.05) is 11.6 Å². The van der Waals surface area contributed by atoms with Gasteiger partial charge in [0.15, 0.2) is 17.3 Å². The number of hydrogen-bond acceptors (Lipinski definition) is 4. The van der Waals surface area contributed by atoms with E-state index in [0.717, 1.165) is 23.0 Å². The number of amidine groups is 1. The van der Waals surface area contributed by atoms with E-state index in [4.69, 9.17) is 16.3 Å². The lowest BCUT2D eigenvalue weighted by atomic mass is 10.2. The minimum absolute atomic E-state index is 0.655. The van der Waals surface area contributed by atoms with E-state index in [1.807, 2.05) is 13.1 Å². The number of aliphatic imine (C=N–C) groups is 1. The predicted octanol–water partition coefficient (Wildman–Crippen LogP) is 2.05. The van der Waals surface area contributed by atoms with E-state index in [9.17, 15) is 0 Å². The molecule has 0 radical (unpaired) electrons. The Labute approximate surface area is 91.8 Å². The molecule has 2 heterocycles. The van der Waals surface area contributed by atoms with Crippen molar-refractivity contribution in [2.24, 2.45) is 4.99 Å². The Balaban J connectivity index is 2.15. The summed E-state index contributed by atoms with van der Waals surface area (Å²) in [6.07, 6.45) is 1.77. The third-order valence-electron chi connectivity index (χ3n) is 2.29. The molecule has 15 heavy (non-hydrogen) atoms. The van der Waals surface area contributed by atoms with Crippen molar-refractivity contribution in [1.29, 1.82) is 0 Å². The summed E-state index contributed by atoms with van der Waals surface area (Å²) in [5.74, 6) is 2.23. The number of nitrogens with zero attached hydrogens (tertiary/aromatic N) is 2. The molecule has 2 aliphatic heterocycles. The third-order valence-corrected chi connectivity index (χ3v) is 2.53. The van der Waals surface area contributed by atoms with Gasteiger partial charge in [-0.2, -0.15) is 0 Å². The number of halogens is 1. The van der Waals surface area contributed by atoms with E-state index >= 15 is 0 Å². The van der Waals surface area contributed by atoms with E-state index in [1.165, 1.54) is 0 Å². The highest BCUT2D eigenvalue weighted by molar-refractivity contribution is 6.31. The molecule has 0 unspecified atom stereocenters. The summed E-state index contributed by atoms with van der Waals surface area (Å²) in [6, 6.07) is 5.39. The van der Waals surface area contributed by atoms with Gasteiger partial charge in [0, 0.05) is 12.1 Å². The van der Waals surface area contributed by atoms with Crippen molar-refractivity contribution >= 4 is 23.1 Å². The second-order valence-electron chi connectivity index (χ2n) is 3.35. The molecular formula is C10H8ClN3O. The zero-order chi connectivity index (χ0) is 10.4. The Morgan fingerprint density at radius 3 is 3.20 bits per heavy atom. The van der Waals surface area contributed by atoms with E-state index in [0.29, 0.717) is 5.02 Å². The summed E-state index contributed by atoms with van der Waals surface area (Å²) in [4.78, 5) is 4.45. The number of rotatable bonds is 0. The average Bonchev–Trinajstić information content (AvgIpc) is 2.57. The fraction of sp³-hybridized carbons (Fsp3) is 0.100. The van der Waals surface area contributed by atoms with Gasteiger partial charge in [0.05, 0.1) is 6.20 Å². The summed E-state index contributed by atoms with van der Waals surface area (Å²) < 4.78 is 5.65. The largest absolute Gasteiger partial charge is 0.450 e. The van der Waals surface area contributed by atoms with Gasteiger partial charge >= 0.3 is 0 Å². The van der Waals surface area contributed by atoms with Gasteiger partial charge < -0.3 is 10.2 Å². The maximum atomic E-state index is 5.89. The lowest BCUT2D eigenvalue weighted by molar-refractivity contribution is 0.429. The van der Waals surface area contributed by atoms with Crippen LogP contribution in [0.4, 0.5) is 5.69 Å². The number of benzene rings is 1. The van der Waals surface area contributed by atoms with Crippen molar-refractivity contribution < 1.29 is 4.74 Å². The highest BCUT2D eigenvalue weighted by Gasteiger charge is 2.26. The second kappa shape index (κ2) is 2.90. The molecule has 0 spiro atoms. The Morgan fingerprint density at radius 1 is 1.47 bits per heavy atom. The van der Waals surface area contributed by atoms with Crippen molar-refractivity contribution in [1.82, 2.24) is 10.4 Å². The zero-order valence-corrected chi connectivity index (χ0v) is 8.75. The summed E-state index contributed by atoms with van der Waals surface area (Å²) in [5.41, 5.74) is 3.75. The quantitative estimate of drug-likeness (QED) is 0.729. The minimum atomic E-state index is 0.655. The van der Waals surface area contributed by atoms with Crippen LogP contribution < -0.4 is 10.2 Å². The van der Waals surface area contributed by atoms with Gasteiger partial charge in [0.1, 0.15) is 5.69 Å². The smallest absolute Gasteiger partial charge is 0.192 e. The van der Waals surface area contributed by atoms with E-state index in [2.05, 4.69) is 10.4 Å². The van der Waals surface area contributed by atoms with E-state index in [-0.39, 0.29) is 0 Å². The van der Waals surface area contributed by atoms with Crippen LogP contribution in [0.1, 0.15) is 0 Å². The predicted molar refractivity (Wildman–Crippen MR) is 58.2 cm³/mol. The molecule has 2 aliphatic rings. The van der Waals surface area contributed by atoms with Crippen molar-refractivity contribution in [2.75, 3.05) is 7.05 Å². The zero-order valence-electron chi connectivity index (χ0n) is 7.99. The SMILES string of the molecule is CN1NC=C2Oc3ccc(Cl)cc3N=C21. The third kappa shape index (κ3) is 1.26. The second-order valence-corrected chi connectivity index (χ2v) is 3.78. The molecule has 0 amide bonds. The van der Waals surface area contributed by atoms with Crippen molar-refractivity contribution in [3.63, 3.8) is 0 Å². The van der Waals surface area contributed by atoms with Gasteiger partial charge in [-0.3, -0.25) is 5.01 Å². The molecule has 0 saturated heterocycles. The molecule has 76 valence electrons. The number of likely N-dealkylation sites (N-methyl/N-ethyl adjacent to an activating group) is 1. The first-order valence-corrected chi connectivity index (χ1v) is 4.88. The Hall–Kier alpha value is -1.68.